The second kappa shape index (κ2) is 11.2. The Hall–Kier alpha value is -3.57. The SMILES string of the molecule is CCOC1=CC=CC(=c2nc(N)c(=CC(N)=NSCC3CC(C)(O)C3)n2-c2c(OC)cccc2OC)N1. The third-order valence-electron chi connectivity index (χ3n) is 6.10. The van der Waals surface area contributed by atoms with Crippen LogP contribution in [-0.2, 0) is 4.74 Å². The summed E-state index contributed by atoms with van der Waals surface area (Å²) in [6, 6.07) is 5.52. The molecule has 1 aliphatic heterocycles. The van der Waals surface area contributed by atoms with Crippen molar-refractivity contribution in [3.8, 4) is 17.2 Å². The Morgan fingerprint density at radius 3 is 2.65 bits per heavy atom. The lowest BCUT2D eigenvalue weighted by Crippen LogP contribution is -2.41. The summed E-state index contributed by atoms with van der Waals surface area (Å²) in [5.41, 5.74) is 14.0. The Morgan fingerprint density at radius 1 is 1.32 bits per heavy atom. The first-order chi connectivity index (χ1) is 17.8. The highest BCUT2D eigenvalue weighted by Gasteiger charge is 2.37. The maximum atomic E-state index is 9.95. The van der Waals surface area contributed by atoms with Gasteiger partial charge in [0.25, 0.3) is 0 Å². The number of nitrogens with two attached hydrogens (primary N) is 2. The molecule has 1 aromatic heterocycles. The number of aromatic nitrogens is 2. The molecule has 6 N–H and O–H groups in total. The maximum absolute atomic E-state index is 9.95. The van der Waals surface area contributed by atoms with Crippen LogP contribution >= 0.6 is 11.9 Å². The molecule has 2 aliphatic rings. The lowest BCUT2D eigenvalue weighted by atomic mass is 9.73. The number of hydrogen-bond donors (Lipinski definition) is 4. The highest BCUT2D eigenvalue weighted by molar-refractivity contribution is 7.98. The summed E-state index contributed by atoms with van der Waals surface area (Å²) in [6.45, 7) is 4.29. The molecule has 0 bridgehead atoms. The standard InChI is InChI=1S/C26H34N6O4S/c1-5-36-22-11-6-8-17(29-22)25-30-24(28)18(12-21(27)31-37-15-16-13-26(2,33)14-16)32(25)23-19(34-3)9-7-10-20(23)35-4/h6-12,16,29,33H,5,13-15H2,1-4H3,(H2,27,31)(H2,28,30). The van der Waals surface area contributed by atoms with Crippen LogP contribution in [0.2, 0.25) is 0 Å². The second-order valence-corrected chi connectivity index (χ2v) is 9.92. The number of imidazole rings is 1. The Kier molecular flexibility index (Phi) is 8.03. The summed E-state index contributed by atoms with van der Waals surface area (Å²) in [5.74, 6) is 3.48. The average molecular weight is 527 g/mol. The molecule has 1 aromatic carbocycles. The molecule has 4 rings (SSSR count). The molecule has 0 unspecified atom stereocenters. The van der Waals surface area contributed by atoms with Gasteiger partial charge in [-0.05, 0) is 68.8 Å². The monoisotopic (exact) mass is 526 g/mol. The molecule has 198 valence electrons. The first-order valence-corrected chi connectivity index (χ1v) is 13.0. The number of nitrogens with zero attached hydrogens (tertiary/aromatic N) is 3. The van der Waals surface area contributed by atoms with E-state index in [0.717, 1.165) is 18.6 Å². The minimum Gasteiger partial charge on any atom is -0.494 e. The van der Waals surface area contributed by atoms with E-state index in [4.69, 9.17) is 25.7 Å². The van der Waals surface area contributed by atoms with Crippen LogP contribution in [0.3, 0.4) is 0 Å². The molecule has 0 saturated heterocycles. The van der Waals surface area contributed by atoms with E-state index in [1.165, 1.54) is 11.9 Å². The van der Waals surface area contributed by atoms with Gasteiger partial charge in [-0.15, -0.1) is 0 Å². The van der Waals surface area contributed by atoms with E-state index in [9.17, 15) is 5.11 Å². The summed E-state index contributed by atoms with van der Waals surface area (Å²) in [7, 11) is 3.18. The van der Waals surface area contributed by atoms with Crippen molar-refractivity contribution in [1.82, 2.24) is 14.9 Å². The third kappa shape index (κ3) is 5.89. The fourth-order valence-electron chi connectivity index (χ4n) is 4.55. The summed E-state index contributed by atoms with van der Waals surface area (Å²) in [4.78, 5) is 4.68. The molecule has 10 nitrogen and oxygen atoms in total. The smallest absolute Gasteiger partial charge is 0.191 e. The van der Waals surface area contributed by atoms with Gasteiger partial charge in [0.2, 0.25) is 0 Å². The number of ether oxygens (including phenoxy) is 3. The normalized spacial score (nSPS) is 23.3. The average Bonchev–Trinajstić information content (AvgIpc) is 3.18. The van der Waals surface area contributed by atoms with Gasteiger partial charge in [0, 0.05) is 11.8 Å². The Bertz CT molecular complexity index is 1330. The summed E-state index contributed by atoms with van der Waals surface area (Å²) >= 11 is 1.38. The fraction of sp³-hybridized carbons (Fsp3) is 0.385. The van der Waals surface area contributed by atoms with Crippen LogP contribution in [0.4, 0.5) is 5.82 Å². The number of para-hydroxylation sites is 1. The molecule has 37 heavy (non-hydrogen) atoms. The van der Waals surface area contributed by atoms with Gasteiger partial charge < -0.3 is 36.1 Å². The number of benzene rings is 1. The van der Waals surface area contributed by atoms with Crippen molar-refractivity contribution in [3.63, 3.8) is 0 Å². The van der Waals surface area contributed by atoms with E-state index in [1.807, 2.05) is 54.8 Å². The van der Waals surface area contributed by atoms with Crippen LogP contribution in [-0.4, -0.2) is 52.7 Å². The number of dihydropyridines is 1. The molecule has 0 radical (unpaired) electrons. The molecule has 1 saturated carbocycles. The van der Waals surface area contributed by atoms with Crippen molar-refractivity contribution in [2.75, 3.05) is 32.3 Å². The highest BCUT2D eigenvalue weighted by atomic mass is 32.2. The number of anilines is 1. The highest BCUT2D eigenvalue weighted by Crippen LogP contribution is 2.39. The van der Waals surface area contributed by atoms with Crippen molar-refractivity contribution in [3.05, 3.63) is 53.1 Å². The first-order valence-electron chi connectivity index (χ1n) is 12.0. The van der Waals surface area contributed by atoms with E-state index in [1.54, 1.807) is 20.3 Å². The molecule has 0 amide bonds. The van der Waals surface area contributed by atoms with Crippen molar-refractivity contribution < 1.29 is 19.3 Å². The largest absolute Gasteiger partial charge is 0.494 e. The van der Waals surface area contributed by atoms with Gasteiger partial charge >= 0.3 is 0 Å². The number of nitrogen functional groups attached to an aromatic ring is 1. The van der Waals surface area contributed by atoms with Gasteiger partial charge in [0.1, 0.15) is 23.0 Å². The van der Waals surface area contributed by atoms with Crippen LogP contribution in [0.1, 0.15) is 26.7 Å². The van der Waals surface area contributed by atoms with Gasteiger partial charge in [-0.1, -0.05) is 12.1 Å². The topological polar surface area (TPSA) is 142 Å². The maximum Gasteiger partial charge on any atom is 0.191 e. The van der Waals surface area contributed by atoms with Gasteiger partial charge in [0.15, 0.2) is 17.2 Å². The number of aliphatic hydroxyl groups is 1. The third-order valence-corrected chi connectivity index (χ3v) is 7.06. The molecule has 1 aliphatic carbocycles. The number of allylic oxidation sites excluding steroid dienone is 2. The zero-order valence-corrected chi connectivity index (χ0v) is 22.3. The van der Waals surface area contributed by atoms with Crippen LogP contribution < -0.4 is 37.1 Å². The van der Waals surface area contributed by atoms with Crippen molar-refractivity contribution >= 4 is 35.4 Å². The van der Waals surface area contributed by atoms with E-state index in [-0.39, 0.29) is 11.7 Å². The predicted octanol–water partition coefficient (Wildman–Crippen LogP) is 1.56. The van der Waals surface area contributed by atoms with Crippen molar-refractivity contribution in [1.29, 1.82) is 0 Å². The molecule has 2 heterocycles. The zero-order valence-electron chi connectivity index (χ0n) is 21.5. The molecule has 1 fully saturated rings. The van der Waals surface area contributed by atoms with E-state index in [2.05, 4.69) is 14.7 Å². The minimum absolute atomic E-state index is 0.261. The molecule has 2 aromatic rings. The number of rotatable bonds is 9. The lowest BCUT2D eigenvalue weighted by Gasteiger charge is -2.40. The minimum atomic E-state index is -0.561. The molecular weight excluding hydrogens is 492 g/mol. The van der Waals surface area contributed by atoms with Crippen LogP contribution in [0.15, 0.2) is 46.7 Å². The summed E-state index contributed by atoms with van der Waals surface area (Å²) in [5, 5.41) is 13.7. The van der Waals surface area contributed by atoms with Crippen LogP contribution in [0, 0.1) is 5.92 Å². The molecule has 11 heteroatoms. The fourth-order valence-corrected chi connectivity index (χ4v) is 5.27. The van der Waals surface area contributed by atoms with Gasteiger partial charge in [-0.3, -0.25) is 4.57 Å². The molecule has 0 spiro atoms. The van der Waals surface area contributed by atoms with Crippen molar-refractivity contribution in [2.24, 2.45) is 16.0 Å². The van der Waals surface area contributed by atoms with E-state index in [0.29, 0.717) is 52.1 Å². The predicted molar refractivity (Wildman–Crippen MR) is 148 cm³/mol. The second-order valence-electron chi connectivity index (χ2n) is 9.14. The van der Waals surface area contributed by atoms with Gasteiger partial charge in [0.05, 0.1) is 37.5 Å². The van der Waals surface area contributed by atoms with Crippen molar-refractivity contribution in [2.45, 2.75) is 32.3 Å². The van der Waals surface area contributed by atoms with Gasteiger partial charge in [-0.2, -0.15) is 4.40 Å². The van der Waals surface area contributed by atoms with Gasteiger partial charge in [-0.25, -0.2) is 4.98 Å². The Labute approximate surface area is 220 Å². The number of nitrogens with one attached hydrogen (secondary N) is 1. The van der Waals surface area contributed by atoms with E-state index < -0.39 is 5.60 Å². The van der Waals surface area contributed by atoms with E-state index >= 15 is 0 Å². The Balaban J connectivity index is 1.83. The molecule has 0 atom stereocenters. The first kappa shape index (κ1) is 26.5. The van der Waals surface area contributed by atoms with Crippen LogP contribution in [0.25, 0.3) is 17.5 Å². The molecular formula is C26H34N6O4S. The summed E-state index contributed by atoms with van der Waals surface area (Å²) < 4.78 is 23.3. The number of hydrogen-bond acceptors (Lipinski definition) is 9. The number of methoxy groups -OCH3 is 2. The van der Waals surface area contributed by atoms with Crippen LogP contribution in [0.5, 0.6) is 11.5 Å². The zero-order chi connectivity index (χ0) is 26.6. The Morgan fingerprint density at radius 2 is 2.03 bits per heavy atom. The quantitative estimate of drug-likeness (QED) is 0.218. The number of amidine groups is 1. The lowest BCUT2D eigenvalue weighted by molar-refractivity contribution is -0.0490. The summed E-state index contributed by atoms with van der Waals surface area (Å²) in [6.07, 6.45) is 8.82.